The van der Waals surface area contributed by atoms with Crippen LogP contribution in [0.3, 0.4) is 0 Å². The minimum absolute atomic E-state index is 0. The molecule has 0 aliphatic carbocycles. The molecule has 0 fully saturated rings. The molecule has 10 heavy (non-hydrogen) atoms. The van der Waals surface area contributed by atoms with Gasteiger partial charge in [-0.15, -0.1) is 0 Å². The van der Waals surface area contributed by atoms with Gasteiger partial charge >= 0.3 is 127 Å². The molecule has 0 bridgehead atoms. The van der Waals surface area contributed by atoms with Crippen molar-refractivity contribution in [3.05, 3.63) is 0 Å². The summed E-state index contributed by atoms with van der Waals surface area (Å²) in [5.41, 5.74) is 0. The average Bonchev–Trinajstić information content (AvgIpc) is 1.25. The molecule has 48 valence electrons. The Morgan fingerprint density at radius 3 is 1.10 bits per heavy atom. The maximum absolute atomic E-state index is 8.58. The van der Waals surface area contributed by atoms with E-state index in [4.69, 9.17) is 24.8 Å². The van der Waals surface area contributed by atoms with Crippen molar-refractivity contribution in [2.75, 3.05) is 0 Å². The molecule has 0 spiro atoms. The van der Waals surface area contributed by atoms with E-state index in [1.807, 2.05) is 0 Å². The first-order valence-corrected chi connectivity index (χ1v) is 4.36. The average molecular weight is 447 g/mol. The molecule has 6 nitrogen and oxygen atoms in total. The van der Waals surface area contributed by atoms with Gasteiger partial charge in [-0.25, -0.2) is 0 Å². The van der Waals surface area contributed by atoms with Gasteiger partial charge in [-0.05, 0) is 0 Å². The molecule has 0 heterocycles. The predicted molar refractivity (Wildman–Crippen MR) is 18.6 cm³/mol. The fraction of sp³-hybridized carbons (Fsp3) is 0. The summed E-state index contributed by atoms with van der Waals surface area (Å²) in [7, 11) is -3.63. The molecule has 0 amide bonds. The van der Waals surface area contributed by atoms with Crippen LogP contribution in [0.2, 0.25) is 0 Å². The van der Waals surface area contributed by atoms with Crippen LogP contribution in [-0.2, 0) is 26.4 Å². The monoisotopic (exact) mass is 448 g/mol. The Morgan fingerprint density at radius 1 is 1.10 bits per heavy atom. The van der Waals surface area contributed by atoms with Crippen LogP contribution in [0.15, 0.2) is 0 Å². The number of hydrogen-bond acceptors (Lipinski definition) is 6. The second-order valence-electron chi connectivity index (χ2n) is 0.500. The number of rotatable bonds is 0. The second-order valence-corrected chi connectivity index (χ2v) is 1.78. The summed E-state index contributed by atoms with van der Waals surface area (Å²) in [5, 5.41) is 0. The first-order valence-electron chi connectivity index (χ1n) is 1.22. The van der Waals surface area contributed by atoms with Crippen molar-refractivity contribution < 1.29 is 43.4 Å². The van der Waals surface area contributed by atoms with Crippen molar-refractivity contribution in [2.24, 2.45) is 0 Å². The molecule has 0 N–H and O–H groups in total. The molecule has 0 saturated carbocycles. The molecule has 0 unspecified atom stereocenters. The molecule has 0 saturated heterocycles. The summed E-state index contributed by atoms with van der Waals surface area (Å²) in [5.74, 6) is 0. The topological polar surface area (TPSA) is 126 Å². The van der Waals surface area contributed by atoms with Crippen molar-refractivity contribution in [3.8, 4) is 0 Å². The molecular weight excluding hydrogens is 447 g/mol. The molecule has 0 rings (SSSR count). The van der Waals surface area contributed by atoms with Gasteiger partial charge in [0.1, 0.15) is 0 Å². The van der Waals surface area contributed by atoms with Crippen LogP contribution in [0, 0.1) is 0 Å². The summed E-state index contributed by atoms with van der Waals surface area (Å²) >= 11 is -4.08. The molecule has 0 aromatic carbocycles. The molecule has 0 aliphatic rings. The third kappa shape index (κ3) is 114. The van der Waals surface area contributed by atoms with E-state index in [1.165, 1.54) is 0 Å². The standard InChI is InChI=1S/2Ba.O3Si.3O.Ti/c;;1-4(2)3;;;;/q2*+2;-2;;2*-1;. The van der Waals surface area contributed by atoms with Crippen LogP contribution in [0.5, 0.6) is 0 Å². The van der Waals surface area contributed by atoms with E-state index >= 15 is 0 Å². The van der Waals surface area contributed by atoms with Gasteiger partial charge in [-0.1, -0.05) is 0 Å². The zero-order chi connectivity index (χ0) is 7.15. The van der Waals surface area contributed by atoms with Gasteiger partial charge in [0.15, 0.2) is 0 Å². The first-order chi connectivity index (χ1) is 3.46. The van der Waals surface area contributed by atoms with Gasteiger partial charge in [0.2, 0.25) is 0 Å². The van der Waals surface area contributed by atoms with Crippen LogP contribution in [0.4, 0.5) is 0 Å². The van der Waals surface area contributed by atoms with Crippen LogP contribution in [-0.4, -0.2) is 107 Å². The Kier molecular flexibility index (Phi) is 42.0. The van der Waals surface area contributed by atoms with E-state index in [-0.39, 0.29) is 97.8 Å². The van der Waals surface area contributed by atoms with E-state index < -0.39 is 27.8 Å². The molecule has 10 heteroatoms. The van der Waals surface area contributed by atoms with Gasteiger partial charge in [0.25, 0.3) is 0 Å². The third-order valence-electron chi connectivity index (χ3n) is 0. The zero-order valence-electron chi connectivity index (χ0n) is 4.86. The minimum atomic E-state index is -4.08. The fourth-order valence-electron chi connectivity index (χ4n) is 0. The first kappa shape index (κ1) is 23.2. The summed E-state index contributed by atoms with van der Waals surface area (Å²) in [6, 6.07) is 0. The Bertz CT molecular complexity index is 73.7. The van der Waals surface area contributed by atoms with Gasteiger partial charge in [0.05, 0.1) is 0 Å². The van der Waals surface area contributed by atoms with Crippen molar-refractivity contribution in [1.29, 1.82) is 0 Å². The predicted octanol–water partition coefficient (Wildman–Crippen LogP) is -6.14. The summed E-state index contributed by atoms with van der Waals surface area (Å²) < 4.78 is 34.3. The molecule has 0 aromatic heterocycles. The second kappa shape index (κ2) is 18.1. The van der Waals surface area contributed by atoms with Gasteiger partial charge in [0, 0.05) is 9.17 Å². The SMILES string of the molecule is O=[Si]([O-])[O-].[Ba+2].[Ba+2].[O]=[Ti]([O-])[O-]. The number of hydrogen-bond donors (Lipinski definition) is 0. The fourth-order valence-corrected chi connectivity index (χ4v) is 0. The Hall–Kier alpha value is 3.19. The van der Waals surface area contributed by atoms with E-state index in [1.54, 1.807) is 0 Å². The van der Waals surface area contributed by atoms with E-state index in [0.717, 1.165) is 0 Å². The Labute approximate surface area is 146 Å². The normalized spacial score (nSPS) is 5.00. The van der Waals surface area contributed by atoms with Gasteiger partial charge in [-0.2, -0.15) is 0 Å². The van der Waals surface area contributed by atoms with Crippen LogP contribution < -0.4 is 17.0 Å². The molecular formula is Ba2O6SiTi. The quantitative estimate of drug-likeness (QED) is 0.341. The van der Waals surface area contributed by atoms with Crippen LogP contribution in [0.1, 0.15) is 0 Å². The van der Waals surface area contributed by atoms with Crippen LogP contribution >= 0.6 is 0 Å². The van der Waals surface area contributed by atoms with Crippen LogP contribution in [0.25, 0.3) is 0 Å². The van der Waals surface area contributed by atoms with Crippen molar-refractivity contribution in [1.82, 2.24) is 0 Å². The maximum atomic E-state index is 8.58. The van der Waals surface area contributed by atoms with E-state index in [9.17, 15) is 0 Å². The van der Waals surface area contributed by atoms with E-state index in [0.29, 0.717) is 0 Å². The van der Waals surface area contributed by atoms with Crippen molar-refractivity contribution >= 4 is 107 Å². The zero-order valence-corrected chi connectivity index (χ0v) is 16.3. The molecule has 0 aliphatic heterocycles. The van der Waals surface area contributed by atoms with Crippen molar-refractivity contribution in [3.63, 3.8) is 0 Å². The van der Waals surface area contributed by atoms with Gasteiger partial charge in [-0.3, -0.25) is 0 Å². The summed E-state index contributed by atoms with van der Waals surface area (Å²) in [6.07, 6.45) is 0. The van der Waals surface area contributed by atoms with Gasteiger partial charge < -0.3 is 14.1 Å². The van der Waals surface area contributed by atoms with Crippen molar-refractivity contribution in [2.45, 2.75) is 0 Å². The summed E-state index contributed by atoms with van der Waals surface area (Å²) in [4.78, 5) is 17.0. The molecule has 0 atom stereocenters. The Morgan fingerprint density at radius 2 is 1.10 bits per heavy atom. The summed E-state index contributed by atoms with van der Waals surface area (Å²) in [6.45, 7) is 0. The third-order valence-corrected chi connectivity index (χ3v) is 0. The molecule has 0 radical (unpaired) electrons. The van der Waals surface area contributed by atoms with E-state index in [2.05, 4.69) is 0 Å². The Balaban J connectivity index is -0.0000000300. The molecule has 0 aromatic rings.